The smallest absolute Gasteiger partial charge is 0.229 e. The van der Waals surface area contributed by atoms with Crippen LogP contribution in [0.1, 0.15) is 46.2 Å². The average molecular weight is 336 g/mol. The summed E-state index contributed by atoms with van der Waals surface area (Å²) in [7, 11) is 1.64. The minimum Gasteiger partial charge on any atom is -0.481 e. The summed E-state index contributed by atoms with van der Waals surface area (Å²) in [6.07, 6.45) is 2.05. The van der Waals surface area contributed by atoms with Gasteiger partial charge >= 0.3 is 0 Å². The first-order chi connectivity index (χ1) is 11.3. The van der Waals surface area contributed by atoms with Crippen LogP contribution < -0.4 is 9.64 Å². The van der Waals surface area contributed by atoms with E-state index in [1.807, 2.05) is 26.8 Å². The first kappa shape index (κ1) is 18.9. The van der Waals surface area contributed by atoms with Crippen molar-refractivity contribution in [3.8, 4) is 5.88 Å². The number of hydrogen-bond donors (Lipinski definition) is 1. The normalized spacial score (nSPS) is 22.7. The standard InChI is InChI=1S/C18H32N4O2/c1-7-14-11-22(17-19-13(3)9-16(20-17)24-6)15(8-2)10-21(14)12-18(4,5)23/h9,14-15,23H,7-8,10-12H2,1-6H3. The Labute approximate surface area is 145 Å². The summed E-state index contributed by atoms with van der Waals surface area (Å²) in [5.74, 6) is 1.36. The van der Waals surface area contributed by atoms with Gasteiger partial charge in [0.2, 0.25) is 11.8 Å². The van der Waals surface area contributed by atoms with Crippen molar-refractivity contribution in [2.24, 2.45) is 0 Å². The summed E-state index contributed by atoms with van der Waals surface area (Å²) in [5, 5.41) is 10.2. The molecule has 2 rings (SSSR count). The number of rotatable bonds is 6. The first-order valence-electron chi connectivity index (χ1n) is 8.90. The predicted octanol–water partition coefficient (Wildman–Crippen LogP) is 2.24. The van der Waals surface area contributed by atoms with Gasteiger partial charge in [0.1, 0.15) is 0 Å². The highest BCUT2D eigenvalue weighted by molar-refractivity contribution is 5.37. The van der Waals surface area contributed by atoms with Crippen LogP contribution in [0.15, 0.2) is 6.07 Å². The van der Waals surface area contributed by atoms with Crippen molar-refractivity contribution in [3.05, 3.63) is 11.8 Å². The summed E-state index contributed by atoms with van der Waals surface area (Å²) >= 11 is 0. The molecule has 1 fully saturated rings. The monoisotopic (exact) mass is 336 g/mol. The molecule has 1 N–H and O–H groups in total. The van der Waals surface area contributed by atoms with Gasteiger partial charge in [-0.3, -0.25) is 4.90 Å². The van der Waals surface area contributed by atoms with Crippen LogP contribution in [-0.4, -0.2) is 64.4 Å². The molecule has 0 aliphatic carbocycles. The molecular weight excluding hydrogens is 304 g/mol. The van der Waals surface area contributed by atoms with Gasteiger partial charge < -0.3 is 14.7 Å². The Hall–Kier alpha value is -1.40. The quantitative estimate of drug-likeness (QED) is 0.860. The van der Waals surface area contributed by atoms with Gasteiger partial charge in [-0.25, -0.2) is 4.98 Å². The number of piperazine rings is 1. The Kier molecular flexibility index (Phi) is 6.04. The van der Waals surface area contributed by atoms with Gasteiger partial charge in [0.15, 0.2) is 0 Å². The lowest BCUT2D eigenvalue weighted by molar-refractivity contribution is 0.00981. The lowest BCUT2D eigenvalue weighted by Crippen LogP contribution is -2.60. The number of hydrogen-bond acceptors (Lipinski definition) is 6. The fourth-order valence-corrected chi connectivity index (χ4v) is 3.44. The van der Waals surface area contributed by atoms with Gasteiger partial charge in [0, 0.05) is 43.5 Å². The van der Waals surface area contributed by atoms with Crippen LogP contribution in [-0.2, 0) is 0 Å². The van der Waals surface area contributed by atoms with E-state index < -0.39 is 5.60 Å². The third kappa shape index (κ3) is 4.57. The van der Waals surface area contributed by atoms with Crippen LogP contribution >= 0.6 is 0 Å². The molecule has 0 saturated carbocycles. The minimum atomic E-state index is -0.684. The molecule has 24 heavy (non-hydrogen) atoms. The van der Waals surface area contributed by atoms with Crippen molar-refractivity contribution in [3.63, 3.8) is 0 Å². The lowest BCUT2D eigenvalue weighted by atomic mass is 10.00. The highest BCUT2D eigenvalue weighted by atomic mass is 16.5. The minimum absolute atomic E-state index is 0.335. The van der Waals surface area contributed by atoms with Crippen molar-refractivity contribution in [2.75, 3.05) is 31.6 Å². The Morgan fingerprint density at radius 3 is 2.42 bits per heavy atom. The van der Waals surface area contributed by atoms with Crippen molar-refractivity contribution in [2.45, 2.75) is 65.1 Å². The molecule has 0 aromatic carbocycles. The zero-order chi connectivity index (χ0) is 17.9. The third-order valence-electron chi connectivity index (χ3n) is 4.63. The van der Waals surface area contributed by atoms with Gasteiger partial charge in [0.05, 0.1) is 12.7 Å². The molecule has 136 valence electrons. The molecule has 0 bridgehead atoms. The number of aliphatic hydroxyl groups is 1. The number of β-amino-alcohol motifs (C(OH)–C–C–N with tert-alkyl or cyclic N) is 1. The molecule has 1 saturated heterocycles. The van der Waals surface area contributed by atoms with E-state index in [0.717, 1.165) is 37.6 Å². The SMILES string of the molecule is CCC1CN(c2nc(C)cc(OC)n2)C(CC)CN1CC(C)(C)O. The van der Waals surface area contributed by atoms with E-state index in [4.69, 9.17) is 4.74 Å². The van der Waals surface area contributed by atoms with Crippen LogP contribution in [0.25, 0.3) is 0 Å². The zero-order valence-electron chi connectivity index (χ0n) is 15.9. The fourth-order valence-electron chi connectivity index (χ4n) is 3.44. The third-order valence-corrected chi connectivity index (χ3v) is 4.63. The van der Waals surface area contributed by atoms with Crippen LogP contribution in [0.5, 0.6) is 5.88 Å². The van der Waals surface area contributed by atoms with Gasteiger partial charge in [-0.15, -0.1) is 0 Å². The van der Waals surface area contributed by atoms with Crippen molar-refractivity contribution in [1.82, 2.24) is 14.9 Å². The molecule has 2 unspecified atom stereocenters. The molecule has 1 aromatic heterocycles. The Morgan fingerprint density at radius 2 is 1.88 bits per heavy atom. The van der Waals surface area contributed by atoms with E-state index in [9.17, 15) is 5.11 Å². The highest BCUT2D eigenvalue weighted by Gasteiger charge is 2.35. The molecule has 1 aliphatic rings. The second-order valence-electron chi connectivity index (χ2n) is 7.37. The second kappa shape index (κ2) is 7.66. The Morgan fingerprint density at radius 1 is 1.21 bits per heavy atom. The molecule has 1 aromatic rings. The molecule has 0 radical (unpaired) electrons. The molecular formula is C18H32N4O2. The number of anilines is 1. The number of methoxy groups -OCH3 is 1. The molecule has 6 nitrogen and oxygen atoms in total. The van der Waals surface area contributed by atoms with Crippen molar-refractivity contribution >= 4 is 5.95 Å². The molecule has 0 spiro atoms. The van der Waals surface area contributed by atoms with Crippen LogP contribution in [0.4, 0.5) is 5.95 Å². The zero-order valence-corrected chi connectivity index (χ0v) is 15.9. The number of aryl methyl sites for hydroxylation is 1. The molecule has 1 aliphatic heterocycles. The van der Waals surface area contributed by atoms with Gasteiger partial charge in [-0.05, 0) is 33.6 Å². The van der Waals surface area contributed by atoms with E-state index in [0.29, 0.717) is 24.5 Å². The molecule has 6 heteroatoms. The maximum atomic E-state index is 10.2. The molecule has 0 amide bonds. The van der Waals surface area contributed by atoms with E-state index in [-0.39, 0.29) is 0 Å². The van der Waals surface area contributed by atoms with Crippen molar-refractivity contribution < 1.29 is 9.84 Å². The van der Waals surface area contributed by atoms with Crippen LogP contribution in [0.3, 0.4) is 0 Å². The predicted molar refractivity (Wildman–Crippen MR) is 96.7 cm³/mol. The van der Waals surface area contributed by atoms with E-state index in [1.54, 1.807) is 7.11 Å². The van der Waals surface area contributed by atoms with Crippen LogP contribution in [0, 0.1) is 6.92 Å². The average Bonchev–Trinajstić information content (AvgIpc) is 2.52. The van der Waals surface area contributed by atoms with Crippen LogP contribution in [0.2, 0.25) is 0 Å². The second-order valence-corrected chi connectivity index (χ2v) is 7.37. The number of nitrogens with zero attached hydrogens (tertiary/aromatic N) is 4. The largest absolute Gasteiger partial charge is 0.481 e. The maximum absolute atomic E-state index is 10.2. The number of aromatic nitrogens is 2. The van der Waals surface area contributed by atoms with E-state index >= 15 is 0 Å². The van der Waals surface area contributed by atoms with Gasteiger partial charge in [-0.1, -0.05) is 13.8 Å². The Bertz CT molecular complexity index is 544. The summed E-state index contributed by atoms with van der Waals surface area (Å²) < 4.78 is 5.31. The lowest BCUT2D eigenvalue weighted by Gasteiger charge is -2.47. The highest BCUT2D eigenvalue weighted by Crippen LogP contribution is 2.26. The Balaban J connectivity index is 2.27. The summed E-state index contributed by atoms with van der Waals surface area (Å²) in [4.78, 5) is 13.9. The van der Waals surface area contributed by atoms with Gasteiger partial charge in [-0.2, -0.15) is 4.98 Å². The summed E-state index contributed by atoms with van der Waals surface area (Å²) in [5.41, 5.74) is 0.232. The van der Waals surface area contributed by atoms with E-state index in [2.05, 4.69) is 33.6 Å². The van der Waals surface area contributed by atoms with Gasteiger partial charge in [0.25, 0.3) is 0 Å². The molecule has 2 atom stereocenters. The first-order valence-corrected chi connectivity index (χ1v) is 8.90. The maximum Gasteiger partial charge on any atom is 0.229 e. The van der Waals surface area contributed by atoms with E-state index in [1.165, 1.54) is 0 Å². The summed E-state index contributed by atoms with van der Waals surface area (Å²) in [6, 6.07) is 2.57. The summed E-state index contributed by atoms with van der Waals surface area (Å²) in [6.45, 7) is 12.6. The topological polar surface area (TPSA) is 61.7 Å². The molecule has 2 heterocycles. The fraction of sp³-hybridized carbons (Fsp3) is 0.778. The number of ether oxygens (including phenoxy) is 1. The van der Waals surface area contributed by atoms with Crippen molar-refractivity contribution in [1.29, 1.82) is 0 Å².